The number of methoxy groups -OCH3 is 1. The van der Waals surface area contributed by atoms with Gasteiger partial charge in [-0.05, 0) is 96.7 Å². The largest absolute Gasteiger partial charge is 0.490 e. The van der Waals surface area contributed by atoms with Crippen molar-refractivity contribution in [3.63, 3.8) is 0 Å². The predicted molar refractivity (Wildman–Crippen MR) is 203 cm³/mol. The number of ether oxygens (including phenoxy) is 6. The molecule has 1 aliphatic rings. The van der Waals surface area contributed by atoms with Crippen LogP contribution in [0.15, 0.2) is 80.1 Å². The number of carbonyl (C=O) groups is 3. The second-order valence-corrected chi connectivity index (χ2v) is 13.5. The van der Waals surface area contributed by atoms with Gasteiger partial charge in [0, 0.05) is 6.07 Å². The normalized spacial score (nSPS) is 13.7. The number of carbonyl (C=O) groups excluding carboxylic acids is 3. The number of nitrogens with zero attached hydrogens (tertiary/aromatic N) is 3. The number of thiazole rings is 1. The molecule has 0 spiro atoms. The Kier molecular flexibility index (Phi) is 13.2. The topological polar surface area (TPSA) is 184 Å². The van der Waals surface area contributed by atoms with Gasteiger partial charge < -0.3 is 28.4 Å². The van der Waals surface area contributed by atoms with E-state index in [4.69, 9.17) is 23.7 Å². The average molecular weight is 839 g/mol. The highest BCUT2D eigenvalue weighted by atomic mass is 79.9. The van der Waals surface area contributed by atoms with Gasteiger partial charge in [0.2, 0.25) is 5.75 Å². The lowest BCUT2D eigenvalue weighted by Gasteiger charge is -2.25. The van der Waals surface area contributed by atoms with Crippen molar-refractivity contribution in [3.8, 4) is 17.2 Å². The molecule has 0 unspecified atom stereocenters. The van der Waals surface area contributed by atoms with Crippen LogP contribution in [0.25, 0.3) is 6.08 Å². The molecule has 17 heteroatoms. The lowest BCUT2D eigenvalue weighted by molar-refractivity contribution is -0.386. The Balaban J connectivity index is 1.55. The Morgan fingerprint density at radius 3 is 2.31 bits per heavy atom. The fourth-order valence-corrected chi connectivity index (χ4v) is 7.23. The van der Waals surface area contributed by atoms with E-state index in [0.717, 1.165) is 11.3 Å². The minimum atomic E-state index is -1.01. The number of nitro benzene ring substituents is 1. The molecule has 55 heavy (non-hydrogen) atoms. The van der Waals surface area contributed by atoms with E-state index in [2.05, 4.69) is 25.7 Å². The molecule has 0 saturated carbocycles. The molecule has 0 aliphatic carbocycles. The molecule has 0 radical (unpaired) electrons. The smallest absolute Gasteiger partial charge is 0.343 e. The summed E-state index contributed by atoms with van der Waals surface area (Å²) in [5.41, 5.74) is 1.39. The summed E-state index contributed by atoms with van der Waals surface area (Å²) in [5.74, 6) is -1.25. The second kappa shape index (κ2) is 18.0. The number of halogens is 1. The maximum Gasteiger partial charge on any atom is 0.343 e. The van der Waals surface area contributed by atoms with Crippen molar-refractivity contribution in [2.75, 3.05) is 33.5 Å². The van der Waals surface area contributed by atoms with Crippen LogP contribution in [0, 0.1) is 10.1 Å². The van der Waals surface area contributed by atoms with E-state index >= 15 is 0 Å². The molecule has 1 atom stereocenters. The number of aromatic nitrogens is 1. The summed E-state index contributed by atoms with van der Waals surface area (Å²) in [7, 11) is 1.24. The van der Waals surface area contributed by atoms with Gasteiger partial charge in [0.1, 0.15) is 6.61 Å². The minimum absolute atomic E-state index is 0.0307. The lowest BCUT2D eigenvalue weighted by atomic mass is 9.95. The monoisotopic (exact) mass is 837 g/mol. The maximum absolute atomic E-state index is 14.3. The lowest BCUT2D eigenvalue weighted by Crippen LogP contribution is -2.40. The van der Waals surface area contributed by atoms with Crippen molar-refractivity contribution in [1.82, 2.24) is 4.57 Å². The van der Waals surface area contributed by atoms with Gasteiger partial charge in [0.25, 0.3) is 5.56 Å². The van der Waals surface area contributed by atoms with E-state index in [9.17, 15) is 29.3 Å². The van der Waals surface area contributed by atoms with E-state index < -0.39 is 34.4 Å². The van der Waals surface area contributed by atoms with Crippen LogP contribution in [0.4, 0.5) is 5.69 Å². The van der Waals surface area contributed by atoms with E-state index in [1.165, 1.54) is 23.8 Å². The van der Waals surface area contributed by atoms with Gasteiger partial charge in [0.05, 0.1) is 63.7 Å². The number of hydrogen-bond acceptors (Lipinski definition) is 14. The fraction of sp³-hybridized carbons (Fsp3) is 0.289. The van der Waals surface area contributed by atoms with Crippen LogP contribution in [0.3, 0.4) is 0 Å². The van der Waals surface area contributed by atoms with Crippen LogP contribution < -0.4 is 29.1 Å². The first-order valence-electron chi connectivity index (χ1n) is 16.9. The summed E-state index contributed by atoms with van der Waals surface area (Å²) >= 11 is 4.44. The van der Waals surface area contributed by atoms with Crippen LogP contribution >= 0.6 is 27.3 Å². The SMILES string of the molecule is CCOC(=O)C1=C(C)N=c2s/c(=C/c3cc(Br)c(OCc4ccc(C(=O)OCC)cc4)c([N+](=O)[O-])c3)c(=O)n2[C@H]1c1ccc(OCC(=O)OC)c(OCC)c1. The zero-order valence-corrected chi connectivity index (χ0v) is 32.8. The van der Waals surface area contributed by atoms with Crippen molar-refractivity contribution in [1.29, 1.82) is 0 Å². The highest BCUT2D eigenvalue weighted by Gasteiger charge is 2.34. The number of nitro groups is 1. The Labute approximate surface area is 326 Å². The third-order valence-corrected chi connectivity index (χ3v) is 9.63. The van der Waals surface area contributed by atoms with E-state index in [-0.39, 0.29) is 75.3 Å². The molecule has 2 heterocycles. The summed E-state index contributed by atoms with van der Waals surface area (Å²) < 4.78 is 34.2. The van der Waals surface area contributed by atoms with Gasteiger partial charge in [-0.2, -0.15) is 0 Å². The second-order valence-electron chi connectivity index (χ2n) is 11.6. The molecule has 0 amide bonds. The highest BCUT2D eigenvalue weighted by Crippen LogP contribution is 2.38. The molecular weight excluding hydrogens is 802 g/mol. The van der Waals surface area contributed by atoms with Crippen LogP contribution in [0.2, 0.25) is 0 Å². The van der Waals surface area contributed by atoms with E-state index in [0.29, 0.717) is 28.0 Å². The van der Waals surface area contributed by atoms with Crippen LogP contribution in [0.1, 0.15) is 60.8 Å². The Bertz CT molecular complexity index is 2350. The predicted octanol–water partition coefficient (Wildman–Crippen LogP) is 5.18. The molecule has 0 saturated heterocycles. The quantitative estimate of drug-likeness (QED) is 0.0663. The Hall–Kier alpha value is -5.81. The molecule has 3 aromatic carbocycles. The van der Waals surface area contributed by atoms with E-state index in [1.807, 2.05) is 0 Å². The number of allylic oxidation sites excluding steroid dienone is 1. The fourth-order valence-electron chi connectivity index (χ4n) is 5.60. The van der Waals surface area contributed by atoms with Crippen LogP contribution in [0.5, 0.6) is 17.2 Å². The molecule has 0 fully saturated rings. The average Bonchev–Trinajstić information content (AvgIpc) is 3.46. The summed E-state index contributed by atoms with van der Waals surface area (Å²) in [4.78, 5) is 67.9. The highest BCUT2D eigenvalue weighted by molar-refractivity contribution is 9.10. The zero-order chi connectivity index (χ0) is 39.8. The molecular formula is C38H36BrN3O12S. The first kappa shape index (κ1) is 40.4. The molecule has 15 nitrogen and oxygen atoms in total. The maximum atomic E-state index is 14.3. The first-order chi connectivity index (χ1) is 26.4. The molecule has 4 aromatic rings. The minimum Gasteiger partial charge on any atom is -0.490 e. The summed E-state index contributed by atoms with van der Waals surface area (Å²) in [6.45, 7) is 6.94. The van der Waals surface area contributed by atoms with E-state index in [1.54, 1.807) is 76.2 Å². The number of hydrogen-bond donors (Lipinski definition) is 0. The molecule has 0 bridgehead atoms. The van der Waals surface area contributed by atoms with Crippen LogP contribution in [-0.2, 0) is 30.4 Å². The molecule has 5 rings (SSSR count). The summed E-state index contributed by atoms with van der Waals surface area (Å²) in [6, 6.07) is 13.2. The standard InChI is InChI=1S/C38H36BrN3O12S/c1-6-50-29-18-25(13-14-28(29)53-20-31(43)49-5)33-32(37(46)52-8-3)21(4)40-38-41(33)35(44)30(55-38)17-23-15-26(39)34(27(16-23)42(47)48)54-19-22-9-11-24(12-10-22)36(45)51-7-2/h9-18,33H,6-8,19-20H2,1-5H3/b30-17+/t33-/m0/s1. The summed E-state index contributed by atoms with van der Waals surface area (Å²) in [6.07, 6.45) is 1.50. The van der Waals surface area contributed by atoms with Gasteiger partial charge in [-0.25, -0.2) is 19.4 Å². The van der Waals surface area contributed by atoms with Gasteiger partial charge in [-0.3, -0.25) is 19.5 Å². The summed E-state index contributed by atoms with van der Waals surface area (Å²) in [5, 5.41) is 12.2. The number of rotatable bonds is 15. The zero-order valence-electron chi connectivity index (χ0n) is 30.4. The first-order valence-corrected chi connectivity index (χ1v) is 18.5. The van der Waals surface area contributed by atoms with Gasteiger partial charge in [-0.15, -0.1) is 0 Å². The van der Waals surface area contributed by atoms with Crippen molar-refractivity contribution < 1.29 is 47.7 Å². The third-order valence-electron chi connectivity index (χ3n) is 8.06. The Morgan fingerprint density at radius 2 is 1.65 bits per heavy atom. The van der Waals surface area contributed by atoms with Crippen molar-refractivity contribution in [3.05, 3.63) is 122 Å². The third kappa shape index (κ3) is 9.12. The number of fused-ring (bicyclic) bond motifs is 1. The van der Waals surface area contributed by atoms with Crippen molar-refractivity contribution >= 4 is 56.9 Å². The molecule has 288 valence electrons. The Morgan fingerprint density at radius 1 is 0.945 bits per heavy atom. The molecule has 1 aliphatic heterocycles. The van der Waals surface area contributed by atoms with Gasteiger partial charge in [0.15, 0.2) is 22.9 Å². The number of esters is 3. The van der Waals surface area contributed by atoms with Crippen molar-refractivity contribution in [2.45, 2.75) is 40.3 Å². The van der Waals surface area contributed by atoms with Crippen molar-refractivity contribution in [2.24, 2.45) is 4.99 Å². The van der Waals surface area contributed by atoms with Gasteiger partial charge >= 0.3 is 23.6 Å². The molecule has 0 N–H and O–H groups in total. The number of benzene rings is 3. The molecule has 1 aromatic heterocycles. The van der Waals surface area contributed by atoms with Gasteiger partial charge in [-0.1, -0.05) is 29.5 Å². The van der Waals surface area contributed by atoms with Crippen LogP contribution in [-0.4, -0.2) is 60.9 Å².